The lowest BCUT2D eigenvalue weighted by atomic mass is 10.2. The molecule has 1 aromatic carbocycles. The molecule has 0 bridgehead atoms. The van der Waals surface area contributed by atoms with E-state index in [1.54, 1.807) is 19.2 Å². The van der Waals surface area contributed by atoms with Crippen LogP contribution in [0.5, 0.6) is 0 Å². The lowest BCUT2D eigenvalue weighted by molar-refractivity contribution is 0.517. The van der Waals surface area contributed by atoms with E-state index in [1.165, 1.54) is 23.5 Å². The Labute approximate surface area is 133 Å². The Balaban J connectivity index is 1.95. The van der Waals surface area contributed by atoms with Crippen LogP contribution in [0.3, 0.4) is 0 Å². The summed E-state index contributed by atoms with van der Waals surface area (Å²) in [6, 6.07) is 3.90. The Bertz CT molecular complexity index is 777. The first-order chi connectivity index (χ1) is 10.4. The van der Waals surface area contributed by atoms with Gasteiger partial charge in [0.15, 0.2) is 0 Å². The SMILES string of the molecule is Cc1cnc(C(NS(=O)(=O)c2c(C)cccc2F)C2CC2)s1. The molecule has 1 N–H and O–H groups in total. The molecule has 1 atom stereocenters. The molecule has 1 heterocycles. The first kappa shape index (κ1) is 15.6. The molecule has 0 amide bonds. The summed E-state index contributed by atoms with van der Waals surface area (Å²) < 4.78 is 41.9. The topological polar surface area (TPSA) is 59.1 Å². The molecule has 1 aromatic heterocycles. The van der Waals surface area contributed by atoms with Crippen molar-refractivity contribution in [3.63, 3.8) is 0 Å². The van der Waals surface area contributed by atoms with Crippen molar-refractivity contribution in [3.05, 3.63) is 45.7 Å². The van der Waals surface area contributed by atoms with E-state index in [4.69, 9.17) is 0 Å². The van der Waals surface area contributed by atoms with E-state index in [2.05, 4.69) is 9.71 Å². The monoisotopic (exact) mass is 340 g/mol. The van der Waals surface area contributed by atoms with Gasteiger partial charge in [-0.2, -0.15) is 0 Å². The highest BCUT2D eigenvalue weighted by molar-refractivity contribution is 7.89. The van der Waals surface area contributed by atoms with E-state index < -0.39 is 15.8 Å². The summed E-state index contributed by atoms with van der Waals surface area (Å²) >= 11 is 1.48. The molecule has 1 unspecified atom stereocenters. The van der Waals surface area contributed by atoms with Crippen molar-refractivity contribution >= 4 is 21.4 Å². The van der Waals surface area contributed by atoms with Crippen LogP contribution in [0.25, 0.3) is 0 Å². The van der Waals surface area contributed by atoms with Gasteiger partial charge in [-0.15, -0.1) is 11.3 Å². The minimum Gasteiger partial charge on any atom is -0.248 e. The molecule has 1 aliphatic carbocycles. The number of aromatic nitrogens is 1. The van der Waals surface area contributed by atoms with Gasteiger partial charge in [0.2, 0.25) is 10.0 Å². The van der Waals surface area contributed by atoms with Crippen molar-refractivity contribution < 1.29 is 12.8 Å². The second-order valence-electron chi connectivity index (χ2n) is 5.63. The number of nitrogens with zero attached hydrogens (tertiary/aromatic N) is 1. The fraction of sp³-hybridized carbons (Fsp3) is 0.400. The molecule has 1 saturated carbocycles. The average Bonchev–Trinajstić information content (AvgIpc) is 3.18. The first-order valence-electron chi connectivity index (χ1n) is 7.08. The molecular formula is C15H17FN2O2S2. The lowest BCUT2D eigenvalue weighted by Gasteiger charge is -2.17. The van der Waals surface area contributed by atoms with Crippen LogP contribution in [-0.2, 0) is 10.0 Å². The molecule has 22 heavy (non-hydrogen) atoms. The van der Waals surface area contributed by atoms with Crippen molar-refractivity contribution in [1.82, 2.24) is 9.71 Å². The summed E-state index contributed by atoms with van der Waals surface area (Å²) in [7, 11) is -3.92. The molecule has 118 valence electrons. The van der Waals surface area contributed by atoms with Gasteiger partial charge in [0.25, 0.3) is 0 Å². The quantitative estimate of drug-likeness (QED) is 0.908. The molecular weight excluding hydrogens is 323 g/mol. The zero-order valence-electron chi connectivity index (χ0n) is 12.3. The molecule has 0 aliphatic heterocycles. The van der Waals surface area contributed by atoms with E-state index in [0.717, 1.165) is 22.7 Å². The third-order valence-electron chi connectivity index (χ3n) is 3.71. The van der Waals surface area contributed by atoms with Crippen molar-refractivity contribution in [3.8, 4) is 0 Å². The van der Waals surface area contributed by atoms with Crippen LogP contribution in [0.15, 0.2) is 29.3 Å². The van der Waals surface area contributed by atoms with Gasteiger partial charge in [-0.25, -0.2) is 22.5 Å². The van der Waals surface area contributed by atoms with E-state index in [-0.39, 0.29) is 16.9 Å². The van der Waals surface area contributed by atoms with Crippen molar-refractivity contribution in [2.24, 2.45) is 5.92 Å². The summed E-state index contributed by atoms with van der Waals surface area (Å²) in [6.45, 7) is 3.53. The summed E-state index contributed by atoms with van der Waals surface area (Å²) in [5.74, 6) is -0.482. The Morgan fingerprint density at radius 3 is 2.64 bits per heavy atom. The van der Waals surface area contributed by atoms with Crippen molar-refractivity contribution in [2.75, 3.05) is 0 Å². The third-order valence-corrected chi connectivity index (χ3v) is 6.33. The smallest absolute Gasteiger partial charge is 0.244 e. The van der Waals surface area contributed by atoms with Crippen molar-refractivity contribution in [1.29, 1.82) is 0 Å². The van der Waals surface area contributed by atoms with Crippen molar-refractivity contribution in [2.45, 2.75) is 37.6 Å². The zero-order chi connectivity index (χ0) is 15.9. The third kappa shape index (κ3) is 3.06. The Morgan fingerprint density at radius 2 is 2.09 bits per heavy atom. The number of sulfonamides is 1. The molecule has 0 saturated heterocycles. The standard InChI is InChI=1S/C15H17FN2O2S2/c1-9-4-3-5-12(16)14(9)22(19,20)18-13(11-6-7-11)15-17-8-10(2)21-15/h3-5,8,11,13,18H,6-7H2,1-2H3. The number of thiazole rings is 1. The normalized spacial score (nSPS) is 16.7. The van der Waals surface area contributed by atoms with E-state index in [9.17, 15) is 12.8 Å². The minimum atomic E-state index is -3.92. The highest BCUT2D eigenvalue weighted by Gasteiger charge is 2.38. The maximum absolute atomic E-state index is 14.0. The summed E-state index contributed by atoms with van der Waals surface area (Å²) in [5, 5.41) is 0.748. The number of aryl methyl sites for hydroxylation is 2. The molecule has 3 rings (SSSR count). The van der Waals surface area contributed by atoms with Crippen LogP contribution < -0.4 is 4.72 Å². The number of nitrogens with one attached hydrogen (secondary N) is 1. The molecule has 1 aliphatic rings. The summed E-state index contributed by atoms with van der Waals surface area (Å²) in [4.78, 5) is 5.06. The maximum atomic E-state index is 14.0. The van der Waals surface area contributed by atoms with Gasteiger partial charge < -0.3 is 0 Å². The molecule has 0 radical (unpaired) electrons. The first-order valence-corrected chi connectivity index (χ1v) is 9.38. The highest BCUT2D eigenvalue weighted by Crippen LogP contribution is 2.43. The summed E-state index contributed by atoms with van der Waals surface area (Å²) in [6.07, 6.45) is 3.65. The minimum absolute atomic E-state index is 0.243. The number of rotatable bonds is 5. The van der Waals surface area contributed by atoms with Crippen LogP contribution in [0.1, 0.15) is 34.3 Å². The Hall–Kier alpha value is -1.31. The van der Waals surface area contributed by atoms with Gasteiger partial charge >= 0.3 is 0 Å². The van der Waals surface area contributed by atoms with Crippen LogP contribution in [0.4, 0.5) is 4.39 Å². The van der Waals surface area contributed by atoms with Gasteiger partial charge in [-0.05, 0) is 44.2 Å². The second kappa shape index (κ2) is 5.72. The Morgan fingerprint density at radius 1 is 1.36 bits per heavy atom. The van der Waals surface area contributed by atoms with Gasteiger partial charge in [-0.3, -0.25) is 0 Å². The van der Waals surface area contributed by atoms with Crippen LogP contribution in [0, 0.1) is 25.6 Å². The van der Waals surface area contributed by atoms with E-state index >= 15 is 0 Å². The predicted octanol–water partition coefficient (Wildman–Crippen LogP) is 3.33. The second-order valence-corrected chi connectivity index (χ2v) is 8.55. The van der Waals surface area contributed by atoms with Gasteiger partial charge in [0, 0.05) is 11.1 Å². The molecule has 1 fully saturated rings. The zero-order valence-corrected chi connectivity index (χ0v) is 14.0. The fourth-order valence-electron chi connectivity index (χ4n) is 2.48. The van der Waals surface area contributed by atoms with Gasteiger partial charge in [0.05, 0.1) is 6.04 Å². The molecule has 4 nitrogen and oxygen atoms in total. The number of hydrogen-bond donors (Lipinski definition) is 1. The molecule has 0 spiro atoms. The van der Waals surface area contributed by atoms with E-state index in [1.807, 2.05) is 6.92 Å². The number of hydrogen-bond acceptors (Lipinski definition) is 4. The largest absolute Gasteiger partial charge is 0.248 e. The number of benzene rings is 1. The van der Waals surface area contributed by atoms with Crippen LogP contribution in [0.2, 0.25) is 0 Å². The predicted molar refractivity (Wildman–Crippen MR) is 83.8 cm³/mol. The van der Waals surface area contributed by atoms with Gasteiger partial charge in [0.1, 0.15) is 15.7 Å². The Kier molecular flexibility index (Phi) is 4.05. The fourth-order valence-corrected chi connectivity index (χ4v) is 5.04. The summed E-state index contributed by atoms with van der Waals surface area (Å²) in [5.41, 5.74) is 0.400. The number of halogens is 1. The maximum Gasteiger partial charge on any atom is 0.244 e. The van der Waals surface area contributed by atoms with Gasteiger partial charge in [-0.1, -0.05) is 12.1 Å². The van der Waals surface area contributed by atoms with E-state index in [0.29, 0.717) is 5.56 Å². The van der Waals surface area contributed by atoms with Crippen LogP contribution in [-0.4, -0.2) is 13.4 Å². The molecule has 7 heteroatoms. The highest BCUT2D eigenvalue weighted by atomic mass is 32.2. The average molecular weight is 340 g/mol. The van der Waals surface area contributed by atoms with Crippen LogP contribution >= 0.6 is 11.3 Å². The lowest BCUT2D eigenvalue weighted by Crippen LogP contribution is -2.31. The molecule has 2 aromatic rings.